The molecule has 0 bridgehead atoms. The monoisotopic (exact) mass is 421 g/mol. The summed E-state index contributed by atoms with van der Waals surface area (Å²) in [7, 11) is 0. The third-order valence-corrected chi connectivity index (χ3v) is 4.53. The number of allylic oxidation sites excluding steroid dienone is 1. The Kier molecular flexibility index (Phi) is 6.35. The van der Waals surface area contributed by atoms with Crippen LogP contribution in [0, 0.1) is 17.1 Å². The van der Waals surface area contributed by atoms with Crippen molar-refractivity contribution in [1.82, 2.24) is 5.32 Å². The minimum atomic E-state index is -0.732. The van der Waals surface area contributed by atoms with Gasteiger partial charge in [0.2, 0.25) is 0 Å². The lowest BCUT2D eigenvalue weighted by Gasteiger charge is -2.29. The van der Waals surface area contributed by atoms with Crippen LogP contribution in [0.25, 0.3) is 6.08 Å². The summed E-state index contributed by atoms with van der Waals surface area (Å²) in [5.74, 6) is -1.54. The van der Waals surface area contributed by atoms with E-state index in [-0.39, 0.29) is 23.0 Å². The minimum Gasteiger partial charge on any atom is -0.478 e. The summed E-state index contributed by atoms with van der Waals surface area (Å²) >= 11 is 5.08. The highest BCUT2D eigenvalue weighted by atomic mass is 32.1. The standard InChI is InChI=1S/C22H16FN3O3S/c1-2-5-15-12-14(8-9-19(15)29-11-10-24)13-16-20(27)25-22(30)26(21(16)28)18-7-4-3-6-17(18)23/h2-4,6-9,12-13H,1,5,11H2,(H,25,27,30)/b16-13+. The van der Waals surface area contributed by atoms with Crippen LogP contribution in [-0.4, -0.2) is 23.5 Å². The molecule has 2 aromatic rings. The fourth-order valence-corrected chi connectivity index (χ4v) is 3.20. The van der Waals surface area contributed by atoms with E-state index in [1.54, 1.807) is 30.3 Å². The van der Waals surface area contributed by atoms with Crippen molar-refractivity contribution in [2.75, 3.05) is 11.5 Å². The number of anilines is 1. The number of para-hydroxylation sites is 1. The molecule has 1 heterocycles. The van der Waals surface area contributed by atoms with Crippen molar-refractivity contribution in [3.05, 3.63) is 77.6 Å². The molecule has 1 fully saturated rings. The first kappa shape index (κ1) is 20.9. The number of halogens is 1. The molecular weight excluding hydrogens is 405 g/mol. The number of nitriles is 1. The first-order chi connectivity index (χ1) is 14.5. The maximum Gasteiger partial charge on any atom is 0.270 e. The molecule has 0 aromatic heterocycles. The lowest BCUT2D eigenvalue weighted by molar-refractivity contribution is -0.122. The third kappa shape index (κ3) is 4.26. The summed E-state index contributed by atoms with van der Waals surface area (Å²) in [6.07, 6.45) is 3.53. The quantitative estimate of drug-likeness (QED) is 0.335. The summed E-state index contributed by atoms with van der Waals surface area (Å²) in [6, 6.07) is 12.6. The Bertz CT molecular complexity index is 1120. The minimum absolute atomic E-state index is 0.0500. The number of hydrogen-bond acceptors (Lipinski definition) is 5. The first-order valence-electron chi connectivity index (χ1n) is 8.85. The average Bonchev–Trinajstić information content (AvgIpc) is 2.72. The Balaban J connectivity index is 2.00. The van der Waals surface area contributed by atoms with Gasteiger partial charge in [0.25, 0.3) is 11.8 Å². The molecule has 30 heavy (non-hydrogen) atoms. The summed E-state index contributed by atoms with van der Waals surface area (Å²) in [5, 5.41) is 10.9. The van der Waals surface area contributed by atoms with Gasteiger partial charge >= 0.3 is 0 Å². The highest BCUT2D eigenvalue weighted by Crippen LogP contribution is 2.26. The van der Waals surface area contributed by atoms with E-state index >= 15 is 0 Å². The van der Waals surface area contributed by atoms with Crippen LogP contribution in [0.3, 0.4) is 0 Å². The number of nitrogens with zero attached hydrogens (tertiary/aromatic N) is 2. The van der Waals surface area contributed by atoms with Crippen molar-refractivity contribution >= 4 is 40.9 Å². The Morgan fingerprint density at radius 1 is 1.27 bits per heavy atom. The second-order valence-electron chi connectivity index (χ2n) is 6.22. The van der Waals surface area contributed by atoms with Gasteiger partial charge in [0.1, 0.15) is 23.2 Å². The van der Waals surface area contributed by atoms with Crippen LogP contribution in [0.5, 0.6) is 5.75 Å². The SMILES string of the molecule is C=CCc1cc(/C=C2\C(=O)NC(=S)N(c3ccccc3F)C2=O)ccc1OCC#N. The zero-order chi connectivity index (χ0) is 21.7. The van der Waals surface area contributed by atoms with Gasteiger partial charge in [-0.15, -0.1) is 6.58 Å². The summed E-state index contributed by atoms with van der Waals surface area (Å²) in [4.78, 5) is 26.4. The van der Waals surface area contributed by atoms with Crippen LogP contribution in [0.1, 0.15) is 11.1 Å². The summed E-state index contributed by atoms with van der Waals surface area (Å²) in [5.41, 5.74) is 1.05. The smallest absolute Gasteiger partial charge is 0.270 e. The molecule has 0 atom stereocenters. The number of hydrogen-bond donors (Lipinski definition) is 1. The lowest BCUT2D eigenvalue weighted by Crippen LogP contribution is -2.54. The third-order valence-electron chi connectivity index (χ3n) is 4.25. The van der Waals surface area contributed by atoms with Crippen LogP contribution >= 0.6 is 12.2 Å². The predicted octanol–water partition coefficient (Wildman–Crippen LogP) is 3.29. The Hall–Kier alpha value is -3.83. The molecule has 0 saturated carbocycles. The lowest BCUT2D eigenvalue weighted by atomic mass is 10.0. The van der Waals surface area contributed by atoms with Crippen molar-refractivity contribution in [3.63, 3.8) is 0 Å². The van der Waals surface area contributed by atoms with Gasteiger partial charge in [-0.1, -0.05) is 24.3 Å². The number of nitrogens with one attached hydrogen (secondary N) is 1. The van der Waals surface area contributed by atoms with E-state index in [1.165, 1.54) is 24.3 Å². The molecule has 2 amide bonds. The van der Waals surface area contributed by atoms with Crippen molar-refractivity contribution in [2.24, 2.45) is 0 Å². The van der Waals surface area contributed by atoms with Gasteiger partial charge in [0.15, 0.2) is 11.7 Å². The Morgan fingerprint density at radius 2 is 2.03 bits per heavy atom. The van der Waals surface area contributed by atoms with Crippen LogP contribution in [0.15, 0.2) is 60.7 Å². The van der Waals surface area contributed by atoms with E-state index < -0.39 is 17.6 Å². The molecule has 0 aliphatic carbocycles. The second-order valence-corrected chi connectivity index (χ2v) is 6.60. The van der Waals surface area contributed by atoms with Crippen LogP contribution in [-0.2, 0) is 16.0 Å². The van der Waals surface area contributed by atoms with Crippen molar-refractivity contribution in [1.29, 1.82) is 5.26 Å². The Morgan fingerprint density at radius 3 is 2.73 bits per heavy atom. The molecule has 1 saturated heterocycles. The predicted molar refractivity (Wildman–Crippen MR) is 114 cm³/mol. The van der Waals surface area contributed by atoms with E-state index in [1.807, 2.05) is 6.07 Å². The van der Waals surface area contributed by atoms with Gasteiger partial charge < -0.3 is 4.74 Å². The summed E-state index contributed by atoms with van der Waals surface area (Å²) < 4.78 is 19.6. The zero-order valence-electron chi connectivity index (χ0n) is 15.7. The summed E-state index contributed by atoms with van der Waals surface area (Å²) in [6.45, 7) is 3.59. The van der Waals surface area contributed by atoms with Crippen molar-refractivity contribution < 1.29 is 18.7 Å². The molecule has 0 radical (unpaired) electrons. The number of amides is 2. The number of carbonyl (C=O) groups excluding carboxylic acids is 2. The maximum absolute atomic E-state index is 14.2. The number of benzene rings is 2. The maximum atomic E-state index is 14.2. The zero-order valence-corrected chi connectivity index (χ0v) is 16.5. The van der Waals surface area contributed by atoms with Crippen molar-refractivity contribution in [2.45, 2.75) is 6.42 Å². The van der Waals surface area contributed by atoms with Gasteiger partial charge in [-0.05, 0) is 60.1 Å². The molecule has 0 unspecified atom stereocenters. The first-order valence-corrected chi connectivity index (χ1v) is 9.26. The molecule has 150 valence electrons. The number of carbonyl (C=O) groups is 2. The molecule has 3 rings (SSSR count). The van der Waals surface area contributed by atoms with Crippen LogP contribution in [0.2, 0.25) is 0 Å². The molecule has 6 nitrogen and oxygen atoms in total. The molecule has 1 N–H and O–H groups in total. The fourth-order valence-electron chi connectivity index (χ4n) is 2.93. The van der Waals surface area contributed by atoms with Crippen LogP contribution in [0.4, 0.5) is 10.1 Å². The number of ether oxygens (including phenoxy) is 1. The number of thiocarbonyl (C=S) groups is 1. The van der Waals surface area contributed by atoms with E-state index in [0.29, 0.717) is 17.7 Å². The van der Waals surface area contributed by atoms with E-state index in [0.717, 1.165) is 10.5 Å². The van der Waals surface area contributed by atoms with Gasteiger partial charge in [0, 0.05) is 0 Å². The second kappa shape index (κ2) is 9.11. The fraction of sp³-hybridized carbons (Fsp3) is 0.0909. The van der Waals surface area contributed by atoms with Gasteiger partial charge in [-0.3, -0.25) is 14.9 Å². The van der Waals surface area contributed by atoms with E-state index in [4.69, 9.17) is 22.2 Å². The molecular formula is C22H16FN3O3S. The number of rotatable bonds is 6. The highest BCUT2D eigenvalue weighted by Gasteiger charge is 2.35. The van der Waals surface area contributed by atoms with Gasteiger partial charge in [0.05, 0.1) is 5.69 Å². The molecule has 8 heteroatoms. The van der Waals surface area contributed by atoms with Crippen LogP contribution < -0.4 is 15.0 Å². The molecule has 1 aliphatic heterocycles. The highest BCUT2D eigenvalue weighted by molar-refractivity contribution is 7.80. The molecule has 2 aromatic carbocycles. The van der Waals surface area contributed by atoms with Gasteiger partial charge in [-0.25, -0.2) is 9.29 Å². The normalized spacial score (nSPS) is 15.0. The van der Waals surface area contributed by atoms with Gasteiger partial charge in [-0.2, -0.15) is 5.26 Å². The topological polar surface area (TPSA) is 82.4 Å². The van der Waals surface area contributed by atoms with E-state index in [2.05, 4.69) is 11.9 Å². The average molecular weight is 421 g/mol. The Labute approximate surface area is 177 Å². The van der Waals surface area contributed by atoms with E-state index in [9.17, 15) is 14.0 Å². The largest absolute Gasteiger partial charge is 0.478 e. The molecule has 1 aliphatic rings. The molecule has 0 spiro atoms. The van der Waals surface area contributed by atoms with Crippen molar-refractivity contribution in [3.8, 4) is 11.8 Å².